The van der Waals surface area contributed by atoms with Crippen molar-refractivity contribution in [3.63, 3.8) is 0 Å². The molecule has 62 valence electrons. The molecule has 0 saturated heterocycles. The molecule has 0 aromatic carbocycles. The number of carboxylic acids is 1. The number of rotatable bonds is 1. The second-order valence-corrected chi connectivity index (χ2v) is 2.00. The SMILES string of the molecule is C=C(C)C(=O)O.CC(N)C#N. The van der Waals surface area contributed by atoms with E-state index in [1.165, 1.54) is 6.92 Å². The molecule has 0 saturated carbocycles. The molecule has 0 aliphatic rings. The molecule has 0 fully saturated rings. The Kier molecular flexibility index (Phi) is 7.61. The van der Waals surface area contributed by atoms with Crippen LogP contribution in [-0.4, -0.2) is 17.1 Å². The highest BCUT2D eigenvalue weighted by atomic mass is 16.4. The molecule has 1 atom stereocenters. The summed E-state index contributed by atoms with van der Waals surface area (Å²) >= 11 is 0. The highest BCUT2D eigenvalue weighted by molar-refractivity contribution is 5.84. The van der Waals surface area contributed by atoms with Crippen LogP contribution in [0.5, 0.6) is 0 Å². The van der Waals surface area contributed by atoms with Gasteiger partial charge in [0.1, 0.15) is 0 Å². The average molecular weight is 156 g/mol. The molecule has 3 N–H and O–H groups in total. The lowest BCUT2D eigenvalue weighted by Gasteiger charge is -1.79. The predicted octanol–water partition coefficient (Wildman–Crippen LogP) is 0.504. The van der Waals surface area contributed by atoms with Gasteiger partial charge in [0.25, 0.3) is 0 Å². The van der Waals surface area contributed by atoms with Crippen LogP contribution in [0.2, 0.25) is 0 Å². The Morgan fingerprint density at radius 3 is 2.00 bits per heavy atom. The Labute approximate surface area is 65.9 Å². The van der Waals surface area contributed by atoms with Crippen LogP contribution in [0.4, 0.5) is 0 Å². The minimum atomic E-state index is -0.935. The van der Waals surface area contributed by atoms with E-state index < -0.39 is 5.97 Å². The summed E-state index contributed by atoms with van der Waals surface area (Å²) in [4.78, 5) is 9.60. The van der Waals surface area contributed by atoms with Gasteiger partial charge < -0.3 is 10.8 Å². The fourth-order valence-electron chi connectivity index (χ4n) is 0. The van der Waals surface area contributed by atoms with Crippen LogP contribution in [-0.2, 0) is 4.79 Å². The number of nitriles is 1. The van der Waals surface area contributed by atoms with Gasteiger partial charge in [-0.2, -0.15) is 5.26 Å². The van der Waals surface area contributed by atoms with Gasteiger partial charge in [0.05, 0.1) is 12.1 Å². The number of nitrogens with two attached hydrogens (primary N) is 1. The van der Waals surface area contributed by atoms with E-state index in [0.717, 1.165) is 0 Å². The molecular formula is C7H12N2O2. The number of carboxylic acid groups (broad SMARTS) is 1. The molecule has 0 bridgehead atoms. The van der Waals surface area contributed by atoms with Crippen molar-refractivity contribution in [1.29, 1.82) is 5.26 Å². The molecule has 0 spiro atoms. The first-order chi connectivity index (χ1) is 4.91. The van der Waals surface area contributed by atoms with Gasteiger partial charge >= 0.3 is 5.97 Å². The fourth-order valence-corrected chi connectivity index (χ4v) is 0. The molecule has 0 heterocycles. The summed E-state index contributed by atoms with van der Waals surface area (Å²) in [6, 6.07) is 1.50. The Morgan fingerprint density at radius 1 is 1.82 bits per heavy atom. The first kappa shape index (κ1) is 12.3. The topological polar surface area (TPSA) is 87.1 Å². The van der Waals surface area contributed by atoms with Crippen molar-refractivity contribution in [3.05, 3.63) is 12.2 Å². The highest BCUT2D eigenvalue weighted by Crippen LogP contribution is 1.81. The highest BCUT2D eigenvalue weighted by Gasteiger charge is 1.90. The third-order valence-corrected chi connectivity index (χ3v) is 0.569. The van der Waals surface area contributed by atoms with Gasteiger partial charge in [0.15, 0.2) is 0 Å². The molecular weight excluding hydrogens is 144 g/mol. The minimum Gasteiger partial charge on any atom is -0.478 e. The van der Waals surface area contributed by atoms with Crippen molar-refractivity contribution in [2.45, 2.75) is 19.9 Å². The Bertz CT molecular complexity index is 167. The third kappa shape index (κ3) is 17.7. The largest absolute Gasteiger partial charge is 0.478 e. The van der Waals surface area contributed by atoms with Crippen LogP contribution in [0.3, 0.4) is 0 Å². The van der Waals surface area contributed by atoms with E-state index in [0.29, 0.717) is 0 Å². The van der Waals surface area contributed by atoms with E-state index in [-0.39, 0.29) is 11.6 Å². The summed E-state index contributed by atoms with van der Waals surface area (Å²) in [6.07, 6.45) is 0. The maximum absolute atomic E-state index is 9.60. The van der Waals surface area contributed by atoms with E-state index in [4.69, 9.17) is 16.1 Å². The standard InChI is InChI=1S/C4H6O2.C3H6N2/c1-3(2)4(5)6;1-3(5)2-4/h1H2,2H3,(H,5,6);3H,5H2,1H3. The van der Waals surface area contributed by atoms with Crippen LogP contribution >= 0.6 is 0 Å². The van der Waals surface area contributed by atoms with Crippen LogP contribution < -0.4 is 5.73 Å². The molecule has 0 aromatic heterocycles. The van der Waals surface area contributed by atoms with Gasteiger partial charge in [0, 0.05) is 5.57 Å². The van der Waals surface area contributed by atoms with Gasteiger partial charge in [-0.05, 0) is 13.8 Å². The molecule has 4 nitrogen and oxygen atoms in total. The first-order valence-corrected chi connectivity index (χ1v) is 2.95. The third-order valence-electron chi connectivity index (χ3n) is 0.569. The van der Waals surface area contributed by atoms with Crippen molar-refractivity contribution >= 4 is 5.97 Å². The zero-order chi connectivity index (χ0) is 9.44. The molecule has 1 unspecified atom stereocenters. The first-order valence-electron chi connectivity index (χ1n) is 2.95. The molecule has 11 heavy (non-hydrogen) atoms. The number of nitrogens with zero attached hydrogens (tertiary/aromatic N) is 1. The van der Waals surface area contributed by atoms with Crippen molar-refractivity contribution in [2.75, 3.05) is 0 Å². The molecule has 0 aromatic rings. The number of hydrogen-bond donors (Lipinski definition) is 2. The summed E-state index contributed by atoms with van der Waals surface area (Å²) < 4.78 is 0. The predicted molar refractivity (Wildman–Crippen MR) is 41.7 cm³/mol. The zero-order valence-electron chi connectivity index (χ0n) is 6.66. The van der Waals surface area contributed by atoms with Gasteiger partial charge in [-0.15, -0.1) is 0 Å². The van der Waals surface area contributed by atoms with Crippen LogP contribution in [0.1, 0.15) is 13.8 Å². The smallest absolute Gasteiger partial charge is 0.330 e. The van der Waals surface area contributed by atoms with Crippen LogP contribution in [0.25, 0.3) is 0 Å². The van der Waals surface area contributed by atoms with Crippen LogP contribution in [0, 0.1) is 11.3 Å². The quantitative estimate of drug-likeness (QED) is 0.541. The molecule has 0 aliphatic carbocycles. The molecule has 0 amide bonds. The molecule has 0 aliphatic heterocycles. The van der Waals surface area contributed by atoms with Crippen molar-refractivity contribution in [3.8, 4) is 6.07 Å². The lowest BCUT2D eigenvalue weighted by atomic mass is 10.4. The number of aliphatic carboxylic acids is 1. The lowest BCUT2D eigenvalue weighted by molar-refractivity contribution is -0.132. The number of carbonyl (C=O) groups is 1. The maximum atomic E-state index is 9.60. The summed E-state index contributed by atoms with van der Waals surface area (Å²) in [5.41, 5.74) is 5.11. The van der Waals surface area contributed by atoms with E-state index in [2.05, 4.69) is 6.58 Å². The van der Waals surface area contributed by atoms with Crippen molar-refractivity contribution in [2.24, 2.45) is 5.73 Å². The fraction of sp³-hybridized carbons (Fsp3) is 0.429. The second kappa shape index (κ2) is 6.78. The second-order valence-electron chi connectivity index (χ2n) is 2.00. The summed E-state index contributed by atoms with van der Waals surface area (Å²) in [5, 5.41) is 15.7. The van der Waals surface area contributed by atoms with Crippen LogP contribution in [0.15, 0.2) is 12.2 Å². The van der Waals surface area contributed by atoms with Gasteiger partial charge in [0.2, 0.25) is 0 Å². The average Bonchev–Trinajstić information content (AvgIpc) is 1.89. The van der Waals surface area contributed by atoms with E-state index >= 15 is 0 Å². The summed E-state index contributed by atoms with van der Waals surface area (Å²) in [6.45, 7) is 6.24. The van der Waals surface area contributed by atoms with E-state index in [1.807, 2.05) is 0 Å². The van der Waals surface area contributed by atoms with Crippen molar-refractivity contribution < 1.29 is 9.90 Å². The summed E-state index contributed by atoms with van der Waals surface area (Å²) in [5.74, 6) is -0.935. The minimum absolute atomic E-state index is 0.176. The Hall–Kier alpha value is -1.34. The Morgan fingerprint density at radius 2 is 2.00 bits per heavy atom. The molecule has 0 rings (SSSR count). The molecule has 4 heteroatoms. The maximum Gasteiger partial charge on any atom is 0.330 e. The van der Waals surface area contributed by atoms with Gasteiger partial charge in [-0.25, -0.2) is 4.79 Å². The zero-order valence-corrected chi connectivity index (χ0v) is 6.66. The molecule has 0 radical (unpaired) electrons. The summed E-state index contributed by atoms with van der Waals surface area (Å²) in [7, 11) is 0. The van der Waals surface area contributed by atoms with E-state index in [1.54, 1.807) is 13.0 Å². The van der Waals surface area contributed by atoms with Gasteiger partial charge in [-0.3, -0.25) is 0 Å². The normalized spacial score (nSPS) is 10.0. The Balaban J connectivity index is 0. The van der Waals surface area contributed by atoms with Gasteiger partial charge in [-0.1, -0.05) is 6.58 Å². The number of hydrogen-bond acceptors (Lipinski definition) is 3. The lowest BCUT2D eigenvalue weighted by Crippen LogP contribution is -2.09. The van der Waals surface area contributed by atoms with Crippen molar-refractivity contribution in [1.82, 2.24) is 0 Å². The monoisotopic (exact) mass is 156 g/mol. The van der Waals surface area contributed by atoms with E-state index in [9.17, 15) is 4.79 Å².